The Bertz CT molecular complexity index is 965. The molecule has 6 atom stereocenters. The number of hydrogen-bond donors (Lipinski definition) is 0. The first-order valence-electron chi connectivity index (χ1n) is 11.6. The molecule has 4 heterocycles. The van der Waals surface area contributed by atoms with Crippen LogP contribution in [0.15, 0.2) is 24.3 Å². The normalized spacial score (nSPS) is 32.5. The van der Waals surface area contributed by atoms with Crippen molar-refractivity contribution in [2.45, 2.75) is 50.3 Å². The van der Waals surface area contributed by atoms with Crippen LogP contribution in [0.4, 0.5) is 4.39 Å². The highest BCUT2D eigenvalue weighted by atomic mass is 32.2. The van der Waals surface area contributed by atoms with Crippen molar-refractivity contribution in [1.29, 1.82) is 0 Å². The zero-order chi connectivity index (χ0) is 24.0. The number of benzene rings is 1. The first-order chi connectivity index (χ1) is 16.2. The summed E-state index contributed by atoms with van der Waals surface area (Å²) in [6.07, 6.45) is -2.77. The maximum atomic E-state index is 13.3. The summed E-state index contributed by atoms with van der Waals surface area (Å²) in [7, 11) is 0. The molecule has 1 aromatic carbocycles. The molecule has 4 aliphatic rings. The number of rotatable bonds is 7. The minimum Gasteiger partial charge on any atom is -0.455 e. The second-order valence-corrected chi connectivity index (χ2v) is 10.8. The van der Waals surface area contributed by atoms with Crippen molar-refractivity contribution in [2.24, 2.45) is 11.8 Å². The van der Waals surface area contributed by atoms with Crippen molar-refractivity contribution < 1.29 is 37.7 Å². The molecule has 0 radical (unpaired) electrons. The van der Waals surface area contributed by atoms with Crippen LogP contribution in [0, 0.1) is 17.7 Å². The number of carbonyl (C=O) groups is 3. The van der Waals surface area contributed by atoms with Crippen LogP contribution in [0.5, 0.6) is 0 Å². The van der Waals surface area contributed by atoms with Crippen molar-refractivity contribution in [3.05, 3.63) is 35.6 Å². The van der Waals surface area contributed by atoms with E-state index in [0.29, 0.717) is 12.1 Å². The Morgan fingerprint density at radius 2 is 1.85 bits per heavy atom. The minimum absolute atomic E-state index is 0.218. The number of esters is 3. The number of halogens is 1. The molecule has 184 valence electrons. The molecule has 6 unspecified atom stereocenters. The largest absolute Gasteiger partial charge is 0.455 e. The molecule has 0 spiro atoms. The lowest BCUT2D eigenvalue weighted by molar-refractivity contribution is -0.171. The standard InChI is InChI=1S/C24H28FNO7S/c1-24(2,13-3-5-14(25)6-4-13)33-23(29)17-16-18-21(32-22(16)28)20(19(17)31-18)30-15(27)7-8-26-9-11-34-12-10-26/h3-6,16-21H,7-12H2,1-2H3. The second kappa shape index (κ2) is 9.13. The highest BCUT2D eigenvalue weighted by Gasteiger charge is 2.72. The Morgan fingerprint density at radius 1 is 1.15 bits per heavy atom. The molecule has 34 heavy (non-hydrogen) atoms. The van der Waals surface area contributed by atoms with Gasteiger partial charge in [-0.3, -0.25) is 14.4 Å². The van der Waals surface area contributed by atoms with E-state index in [4.69, 9.17) is 18.9 Å². The molecule has 0 aliphatic carbocycles. The highest BCUT2D eigenvalue weighted by Crippen LogP contribution is 2.52. The van der Waals surface area contributed by atoms with E-state index in [-0.39, 0.29) is 6.42 Å². The zero-order valence-corrected chi connectivity index (χ0v) is 19.9. The van der Waals surface area contributed by atoms with Crippen LogP contribution in [-0.4, -0.2) is 78.4 Å². The average molecular weight is 494 g/mol. The van der Waals surface area contributed by atoms with E-state index < -0.39 is 65.6 Å². The number of carbonyl (C=O) groups excluding carboxylic acids is 3. The number of ether oxygens (including phenoxy) is 4. The number of nitrogens with zero attached hydrogens (tertiary/aromatic N) is 1. The lowest BCUT2D eigenvalue weighted by atomic mass is 9.78. The average Bonchev–Trinajstić information content (AvgIpc) is 3.42. The first-order valence-corrected chi connectivity index (χ1v) is 12.7. The summed E-state index contributed by atoms with van der Waals surface area (Å²) >= 11 is 1.90. The van der Waals surface area contributed by atoms with E-state index in [0.717, 1.165) is 24.6 Å². The molecule has 0 aromatic heterocycles. The van der Waals surface area contributed by atoms with E-state index in [1.54, 1.807) is 26.0 Å². The van der Waals surface area contributed by atoms with E-state index in [9.17, 15) is 18.8 Å². The van der Waals surface area contributed by atoms with Crippen LogP contribution < -0.4 is 0 Å². The third kappa shape index (κ3) is 4.31. The van der Waals surface area contributed by atoms with Gasteiger partial charge in [0, 0.05) is 31.1 Å². The number of fused-ring (bicyclic) bond motifs is 1. The molecule has 1 aromatic rings. The van der Waals surface area contributed by atoms with Crippen molar-refractivity contribution in [1.82, 2.24) is 4.90 Å². The van der Waals surface area contributed by atoms with Crippen LogP contribution in [0.2, 0.25) is 0 Å². The molecule has 2 bridgehead atoms. The molecular weight excluding hydrogens is 465 g/mol. The van der Waals surface area contributed by atoms with Crippen molar-refractivity contribution in [2.75, 3.05) is 31.1 Å². The third-order valence-electron chi connectivity index (χ3n) is 7.08. The topological polar surface area (TPSA) is 91.4 Å². The van der Waals surface area contributed by atoms with Gasteiger partial charge in [0.15, 0.2) is 12.2 Å². The van der Waals surface area contributed by atoms with Gasteiger partial charge in [-0.25, -0.2) is 4.39 Å². The van der Waals surface area contributed by atoms with Gasteiger partial charge in [-0.1, -0.05) is 12.1 Å². The fourth-order valence-corrected chi connectivity index (χ4v) is 6.23. The fourth-order valence-electron chi connectivity index (χ4n) is 5.25. The van der Waals surface area contributed by atoms with Gasteiger partial charge in [0.2, 0.25) is 0 Å². The molecule has 4 saturated heterocycles. The van der Waals surface area contributed by atoms with Gasteiger partial charge in [-0.05, 0) is 31.5 Å². The summed E-state index contributed by atoms with van der Waals surface area (Å²) in [5.41, 5.74) is -0.453. The predicted molar refractivity (Wildman–Crippen MR) is 119 cm³/mol. The summed E-state index contributed by atoms with van der Waals surface area (Å²) in [5.74, 6) is -1.59. The van der Waals surface area contributed by atoms with Crippen LogP contribution >= 0.6 is 11.8 Å². The fraction of sp³-hybridized carbons (Fsp3) is 0.625. The Kier molecular flexibility index (Phi) is 6.32. The summed E-state index contributed by atoms with van der Waals surface area (Å²) in [5, 5.41) is 0. The van der Waals surface area contributed by atoms with Gasteiger partial charge >= 0.3 is 17.9 Å². The van der Waals surface area contributed by atoms with Gasteiger partial charge in [-0.15, -0.1) is 0 Å². The predicted octanol–water partition coefficient (Wildman–Crippen LogP) is 1.89. The Labute approximate surface area is 201 Å². The van der Waals surface area contributed by atoms with Gasteiger partial charge < -0.3 is 23.8 Å². The molecule has 8 nitrogen and oxygen atoms in total. The smallest absolute Gasteiger partial charge is 0.313 e. The zero-order valence-electron chi connectivity index (χ0n) is 19.1. The minimum atomic E-state index is -1.06. The molecule has 0 saturated carbocycles. The van der Waals surface area contributed by atoms with Crippen molar-refractivity contribution in [3.63, 3.8) is 0 Å². The molecule has 0 amide bonds. The third-order valence-corrected chi connectivity index (χ3v) is 8.02. The molecule has 4 fully saturated rings. The summed E-state index contributed by atoms with van der Waals surface area (Å²) in [6.45, 7) is 5.87. The van der Waals surface area contributed by atoms with E-state index in [2.05, 4.69) is 4.90 Å². The Hall–Kier alpha value is -2.17. The van der Waals surface area contributed by atoms with Crippen molar-refractivity contribution in [3.8, 4) is 0 Å². The lowest BCUT2D eigenvalue weighted by Gasteiger charge is -2.31. The van der Waals surface area contributed by atoms with Crippen molar-refractivity contribution >= 4 is 29.7 Å². The summed E-state index contributed by atoms with van der Waals surface area (Å²) < 4.78 is 36.2. The lowest BCUT2D eigenvalue weighted by Crippen LogP contribution is -2.49. The number of hydrogen-bond acceptors (Lipinski definition) is 9. The summed E-state index contributed by atoms with van der Waals surface area (Å²) in [4.78, 5) is 40.6. The van der Waals surface area contributed by atoms with E-state index in [1.807, 2.05) is 11.8 Å². The molecule has 4 aliphatic heterocycles. The van der Waals surface area contributed by atoms with Crippen LogP contribution in [0.25, 0.3) is 0 Å². The Morgan fingerprint density at radius 3 is 2.56 bits per heavy atom. The van der Waals surface area contributed by atoms with E-state index in [1.165, 1.54) is 12.1 Å². The molecular formula is C24H28FNO7S. The molecule has 5 rings (SSSR count). The van der Waals surface area contributed by atoms with Gasteiger partial charge in [0.05, 0.1) is 6.42 Å². The second-order valence-electron chi connectivity index (χ2n) is 9.62. The van der Waals surface area contributed by atoms with Gasteiger partial charge in [0.1, 0.15) is 35.5 Å². The van der Waals surface area contributed by atoms with Crippen LogP contribution in [0.3, 0.4) is 0 Å². The SMILES string of the molecule is CC(C)(OC(=O)C1C2OC3C(OC(=O)C31)C2OC(=O)CCN1CCSCC1)c1ccc(F)cc1. The maximum absolute atomic E-state index is 13.3. The quantitative estimate of drug-likeness (QED) is 0.417. The van der Waals surface area contributed by atoms with E-state index >= 15 is 0 Å². The monoisotopic (exact) mass is 493 g/mol. The molecule has 0 N–H and O–H groups in total. The van der Waals surface area contributed by atoms with Gasteiger partial charge in [-0.2, -0.15) is 11.8 Å². The first kappa shape index (κ1) is 23.6. The Balaban J connectivity index is 1.26. The highest BCUT2D eigenvalue weighted by molar-refractivity contribution is 7.99. The molecule has 10 heteroatoms. The maximum Gasteiger partial charge on any atom is 0.313 e. The van der Waals surface area contributed by atoms with Crippen LogP contribution in [-0.2, 0) is 38.9 Å². The number of thioether (sulfide) groups is 1. The van der Waals surface area contributed by atoms with Gasteiger partial charge in [0.25, 0.3) is 0 Å². The summed E-state index contributed by atoms with van der Waals surface area (Å²) in [6, 6.07) is 5.68. The van der Waals surface area contributed by atoms with Crippen LogP contribution in [0.1, 0.15) is 25.8 Å².